The number of thiol groups is 1. The minimum Gasteiger partial charge on any atom is -0.496 e. The van der Waals surface area contributed by atoms with Gasteiger partial charge in [0.2, 0.25) is 0 Å². The van der Waals surface area contributed by atoms with Gasteiger partial charge in [-0.2, -0.15) is 12.6 Å². The highest BCUT2D eigenvalue weighted by atomic mass is 32.1. The molecule has 2 heteroatoms. The topological polar surface area (TPSA) is 9.23 Å². The van der Waals surface area contributed by atoms with Gasteiger partial charge in [0.05, 0.1) is 7.11 Å². The van der Waals surface area contributed by atoms with Crippen LogP contribution in [0.3, 0.4) is 0 Å². The summed E-state index contributed by atoms with van der Waals surface area (Å²) in [6.07, 6.45) is 1.98. The van der Waals surface area contributed by atoms with Crippen LogP contribution in [0.4, 0.5) is 0 Å². The standard InChI is InChI=1S/C13H20OS/c1-5-11-8-10(9-13(2,3)15)6-7-12(11)14-4/h6-8,15H,5,9H2,1-4H3. The van der Waals surface area contributed by atoms with Gasteiger partial charge in [-0.25, -0.2) is 0 Å². The van der Waals surface area contributed by atoms with E-state index in [0.29, 0.717) is 0 Å². The molecule has 0 bridgehead atoms. The van der Waals surface area contributed by atoms with Crippen LogP contribution in [0, 0.1) is 0 Å². The molecule has 1 rings (SSSR count). The number of hydrogen-bond acceptors (Lipinski definition) is 2. The predicted octanol–water partition coefficient (Wildman–Crippen LogP) is 3.51. The summed E-state index contributed by atoms with van der Waals surface area (Å²) >= 11 is 4.55. The van der Waals surface area contributed by atoms with Crippen molar-refractivity contribution in [2.75, 3.05) is 7.11 Å². The lowest BCUT2D eigenvalue weighted by atomic mass is 9.99. The zero-order chi connectivity index (χ0) is 11.5. The highest BCUT2D eigenvalue weighted by Crippen LogP contribution is 2.24. The molecule has 0 N–H and O–H groups in total. The third-order valence-corrected chi connectivity index (χ3v) is 2.52. The summed E-state index contributed by atoms with van der Waals surface area (Å²) in [5, 5.41) is 0. The molecule has 84 valence electrons. The van der Waals surface area contributed by atoms with Crippen molar-refractivity contribution >= 4 is 12.6 Å². The van der Waals surface area contributed by atoms with Crippen molar-refractivity contribution < 1.29 is 4.74 Å². The lowest BCUT2D eigenvalue weighted by molar-refractivity contribution is 0.410. The van der Waals surface area contributed by atoms with Crippen LogP contribution < -0.4 is 4.74 Å². The Labute approximate surface area is 98.3 Å². The zero-order valence-corrected chi connectivity index (χ0v) is 10.9. The average molecular weight is 224 g/mol. The molecule has 0 radical (unpaired) electrons. The lowest BCUT2D eigenvalue weighted by Gasteiger charge is -2.18. The van der Waals surface area contributed by atoms with E-state index in [4.69, 9.17) is 4.74 Å². The van der Waals surface area contributed by atoms with E-state index in [1.165, 1.54) is 11.1 Å². The molecule has 0 fully saturated rings. The van der Waals surface area contributed by atoms with Gasteiger partial charge in [0.15, 0.2) is 0 Å². The molecule has 15 heavy (non-hydrogen) atoms. The molecule has 1 aromatic rings. The molecule has 0 spiro atoms. The number of ether oxygens (including phenoxy) is 1. The fraction of sp³-hybridized carbons (Fsp3) is 0.538. The van der Waals surface area contributed by atoms with Gasteiger partial charge in [-0.15, -0.1) is 0 Å². The van der Waals surface area contributed by atoms with Crippen molar-refractivity contribution in [3.8, 4) is 5.75 Å². The number of benzene rings is 1. The molecule has 0 unspecified atom stereocenters. The van der Waals surface area contributed by atoms with Crippen molar-refractivity contribution in [3.05, 3.63) is 29.3 Å². The second kappa shape index (κ2) is 4.93. The van der Waals surface area contributed by atoms with Crippen molar-refractivity contribution in [1.82, 2.24) is 0 Å². The Bertz CT molecular complexity index is 326. The monoisotopic (exact) mass is 224 g/mol. The molecule has 0 atom stereocenters. The Morgan fingerprint density at radius 3 is 2.47 bits per heavy atom. The summed E-state index contributed by atoms with van der Waals surface area (Å²) in [6, 6.07) is 6.39. The molecule has 0 amide bonds. The van der Waals surface area contributed by atoms with E-state index in [1.54, 1.807) is 7.11 Å². The molecule has 0 aliphatic rings. The average Bonchev–Trinajstić information content (AvgIpc) is 2.15. The Morgan fingerprint density at radius 1 is 1.33 bits per heavy atom. The number of aryl methyl sites for hydroxylation is 1. The van der Waals surface area contributed by atoms with Crippen molar-refractivity contribution in [1.29, 1.82) is 0 Å². The largest absolute Gasteiger partial charge is 0.496 e. The van der Waals surface area contributed by atoms with Gasteiger partial charge >= 0.3 is 0 Å². The van der Waals surface area contributed by atoms with Gasteiger partial charge in [-0.3, -0.25) is 0 Å². The van der Waals surface area contributed by atoms with Crippen LogP contribution in [-0.4, -0.2) is 11.9 Å². The summed E-state index contributed by atoms with van der Waals surface area (Å²) in [7, 11) is 1.72. The normalized spacial score (nSPS) is 11.5. The van der Waals surface area contributed by atoms with E-state index in [2.05, 4.69) is 45.5 Å². The second-order valence-electron chi connectivity index (χ2n) is 4.49. The first-order chi connectivity index (χ1) is 6.96. The molecule has 0 aliphatic heterocycles. The van der Waals surface area contributed by atoms with E-state index in [9.17, 15) is 0 Å². The molecular formula is C13H20OS. The third-order valence-electron chi connectivity index (χ3n) is 2.36. The molecule has 0 aliphatic carbocycles. The maximum atomic E-state index is 5.30. The summed E-state index contributed by atoms with van der Waals surface area (Å²) in [4.78, 5) is 0. The highest BCUT2D eigenvalue weighted by Gasteiger charge is 2.13. The smallest absolute Gasteiger partial charge is 0.122 e. The van der Waals surface area contributed by atoms with Gasteiger partial charge in [0.25, 0.3) is 0 Å². The highest BCUT2D eigenvalue weighted by molar-refractivity contribution is 7.81. The van der Waals surface area contributed by atoms with Crippen LogP contribution in [0.5, 0.6) is 5.75 Å². The first-order valence-electron chi connectivity index (χ1n) is 5.34. The molecule has 0 saturated carbocycles. The third kappa shape index (κ3) is 3.78. The second-order valence-corrected chi connectivity index (χ2v) is 5.70. The van der Waals surface area contributed by atoms with Crippen LogP contribution >= 0.6 is 12.6 Å². The van der Waals surface area contributed by atoms with E-state index in [1.807, 2.05) is 6.07 Å². The summed E-state index contributed by atoms with van der Waals surface area (Å²) in [5.41, 5.74) is 2.60. The number of rotatable bonds is 4. The van der Waals surface area contributed by atoms with E-state index in [-0.39, 0.29) is 4.75 Å². The first-order valence-corrected chi connectivity index (χ1v) is 5.79. The van der Waals surface area contributed by atoms with Crippen molar-refractivity contribution in [2.24, 2.45) is 0 Å². The molecule has 1 aromatic carbocycles. The van der Waals surface area contributed by atoms with E-state index in [0.717, 1.165) is 18.6 Å². The van der Waals surface area contributed by atoms with Crippen LogP contribution in [0.15, 0.2) is 18.2 Å². The minimum atomic E-state index is 0.0413. The summed E-state index contributed by atoms with van der Waals surface area (Å²) in [5.74, 6) is 0.984. The molecule has 1 nitrogen and oxygen atoms in total. The van der Waals surface area contributed by atoms with Crippen LogP contribution in [-0.2, 0) is 12.8 Å². The molecule has 0 heterocycles. The minimum absolute atomic E-state index is 0.0413. The SMILES string of the molecule is CCc1cc(CC(C)(C)S)ccc1OC. The Kier molecular flexibility index (Phi) is 4.09. The van der Waals surface area contributed by atoms with Gasteiger partial charge in [-0.1, -0.05) is 32.9 Å². The van der Waals surface area contributed by atoms with Crippen LogP contribution in [0.25, 0.3) is 0 Å². The lowest BCUT2D eigenvalue weighted by Crippen LogP contribution is -2.14. The summed E-state index contributed by atoms with van der Waals surface area (Å²) < 4.78 is 5.34. The van der Waals surface area contributed by atoms with Crippen LogP contribution in [0.2, 0.25) is 0 Å². The van der Waals surface area contributed by atoms with Gasteiger partial charge in [-0.05, 0) is 30.0 Å². The maximum Gasteiger partial charge on any atom is 0.122 e. The first kappa shape index (κ1) is 12.4. The van der Waals surface area contributed by atoms with Crippen molar-refractivity contribution in [3.63, 3.8) is 0 Å². The van der Waals surface area contributed by atoms with E-state index < -0.39 is 0 Å². The Balaban J connectivity index is 2.93. The zero-order valence-electron chi connectivity index (χ0n) is 10.0. The molecule has 0 aromatic heterocycles. The maximum absolute atomic E-state index is 5.30. The fourth-order valence-electron chi connectivity index (χ4n) is 1.72. The van der Waals surface area contributed by atoms with E-state index >= 15 is 0 Å². The van der Waals surface area contributed by atoms with Gasteiger partial charge in [0.1, 0.15) is 5.75 Å². The quantitative estimate of drug-likeness (QED) is 0.770. The molecular weight excluding hydrogens is 204 g/mol. The van der Waals surface area contributed by atoms with Crippen LogP contribution in [0.1, 0.15) is 31.9 Å². The van der Waals surface area contributed by atoms with Crippen molar-refractivity contribution in [2.45, 2.75) is 38.4 Å². The Morgan fingerprint density at radius 2 is 2.00 bits per heavy atom. The van der Waals surface area contributed by atoms with Gasteiger partial charge < -0.3 is 4.74 Å². The molecule has 0 saturated heterocycles. The number of hydrogen-bond donors (Lipinski definition) is 1. The summed E-state index contributed by atoms with van der Waals surface area (Å²) in [6.45, 7) is 6.41. The van der Waals surface area contributed by atoms with Gasteiger partial charge in [0, 0.05) is 4.75 Å². The fourth-order valence-corrected chi connectivity index (χ4v) is 1.90. The Hall–Kier alpha value is -0.630. The number of methoxy groups -OCH3 is 1. The predicted molar refractivity (Wildman–Crippen MR) is 69.1 cm³/mol.